The van der Waals surface area contributed by atoms with Crippen molar-refractivity contribution >= 4 is 29.1 Å². The predicted molar refractivity (Wildman–Crippen MR) is 132 cm³/mol. The molecule has 38 heavy (non-hydrogen) atoms. The van der Waals surface area contributed by atoms with Crippen LogP contribution in [0, 0.1) is 23.6 Å². The van der Waals surface area contributed by atoms with Gasteiger partial charge >= 0.3 is 6.18 Å². The van der Waals surface area contributed by atoms with E-state index in [1.807, 2.05) is 0 Å². The van der Waals surface area contributed by atoms with Crippen LogP contribution in [0.15, 0.2) is 53.5 Å². The number of hydrogen-bond donors (Lipinski definition) is 3. The summed E-state index contributed by atoms with van der Waals surface area (Å²) in [5.74, 6) is -5.11. The first kappa shape index (κ1) is 27.3. The fourth-order valence-electron chi connectivity index (χ4n) is 4.69. The third-order valence-electron chi connectivity index (χ3n) is 6.80. The summed E-state index contributed by atoms with van der Waals surface area (Å²) in [5.41, 5.74) is 6.56. The minimum atomic E-state index is -4.42. The lowest BCUT2D eigenvalue weighted by atomic mass is 9.82. The van der Waals surface area contributed by atoms with Crippen LogP contribution in [0.1, 0.15) is 49.7 Å². The molecule has 1 fully saturated rings. The van der Waals surface area contributed by atoms with Crippen molar-refractivity contribution in [1.82, 2.24) is 5.32 Å². The van der Waals surface area contributed by atoms with Crippen LogP contribution in [0.5, 0.6) is 0 Å². The molecule has 4 rings (SSSR count). The topological polar surface area (TPSA) is 114 Å². The second kappa shape index (κ2) is 11.3. The summed E-state index contributed by atoms with van der Waals surface area (Å²) >= 11 is 0. The number of anilines is 1. The molecule has 1 aliphatic carbocycles. The molecule has 1 aliphatic heterocycles. The average Bonchev–Trinajstić information content (AvgIpc) is 3.69. The summed E-state index contributed by atoms with van der Waals surface area (Å²) in [4.78, 5) is 43.2. The van der Waals surface area contributed by atoms with Gasteiger partial charge in [-0.25, -0.2) is 9.38 Å². The maximum Gasteiger partial charge on any atom is 0.389 e. The highest BCUT2D eigenvalue weighted by atomic mass is 19.4. The number of benzene rings is 2. The van der Waals surface area contributed by atoms with E-state index in [1.54, 1.807) is 36.4 Å². The number of nitrogens with one attached hydrogen (secondary N) is 2. The third-order valence-corrected chi connectivity index (χ3v) is 6.80. The van der Waals surface area contributed by atoms with Crippen molar-refractivity contribution in [3.63, 3.8) is 0 Å². The number of carbonyl (C=O) groups is 3. The lowest BCUT2D eigenvalue weighted by molar-refractivity contribution is -0.140. The van der Waals surface area contributed by atoms with Crippen LogP contribution < -0.4 is 16.4 Å². The predicted octanol–water partition coefficient (Wildman–Crippen LogP) is 4.31. The molecular formula is C27H28F4N4O3. The van der Waals surface area contributed by atoms with E-state index in [2.05, 4.69) is 15.6 Å². The number of amides is 3. The van der Waals surface area contributed by atoms with E-state index in [1.165, 1.54) is 12.1 Å². The van der Waals surface area contributed by atoms with Gasteiger partial charge in [-0.1, -0.05) is 55.3 Å². The first-order valence-corrected chi connectivity index (χ1v) is 12.4. The molecule has 7 nitrogen and oxygen atoms in total. The van der Waals surface area contributed by atoms with Crippen molar-refractivity contribution in [1.29, 1.82) is 0 Å². The van der Waals surface area contributed by atoms with Gasteiger partial charge in [-0.3, -0.25) is 14.4 Å². The van der Waals surface area contributed by atoms with E-state index in [0.29, 0.717) is 11.1 Å². The van der Waals surface area contributed by atoms with Crippen LogP contribution in [-0.2, 0) is 14.4 Å². The van der Waals surface area contributed by atoms with Gasteiger partial charge in [0.05, 0.1) is 11.4 Å². The van der Waals surface area contributed by atoms with Crippen LogP contribution in [0.2, 0.25) is 0 Å². The van der Waals surface area contributed by atoms with E-state index in [9.17, 15) is 31.9 Å². The Kier molecular flexibility index (Phi) is 8.13. The molecule has 1 saturated carbocycles. The first-order valence-electron chi connectivity index (χ1n) is 12.4. The maximum atomic E-state index is 14.7. The number of carbonyl (C=O) groups excluding carboxylic acids is 3. The fraction of sp³-hybridized carbons (Fsp3) is 0.407. The minimum Gasteiger partial charge on any atom is -0.369 e. The molecule has 0 aromatic heterocycles. The number of nitrogens with zero attached hydrogens (tertiary/aromatic N) is 1. The van der Waals surface area contributed by atoms with Crippen LogP contribution in [0.3, 0.4) is 0 Å². The highest BCUT2D eigenvalue weighted by molar-refractivity contribution is 6.20. The normalized spacial score (nSPS) is 18.9. The van der Waals surface area contributed by atoms with Crippen molar-refractivity contribution in [3.8, 4) is 0 Å². The summed E-state index contributed by atoms with van der Waals surface area (Å²) in [7, 11) is 0. The number of fused-ring (bicyclic) bond motifs is 1. The van der Waals surface area contributed by atoms with Gasteiger partial charge in [-0.15, -0.1) is 0 Å². The molecule has 2 aromatic rings. The Labute approximate surface area is 216 Å². The van der Waals surface area contributed by atoms with Gasteiger partial charge in [0, 0.05) is 29.4 Å². The number of aliphatic imine (C=N–C) groups is 1. The number of para-hydroxylation sites is 1. The number of rotatable bonds is 10. The molecule has 1 heterocycles. The van der Waals surface area contributed by atoms with Gasteiger partial charge in [-0.2, -0.15) is 13.2 Å². The van der Waals surface area contributed by atoms with Crippen molar-refractivity contribution < 1.29 is 31.9 Å². The summed E-state index contributed by atoms with van der Waals surface area (Å²) in [5, 5.41) is 4.95. The second-order valence-electron chi connectivity index (χ2n) is 9.71. The lowest BCUT2D eigenvalue weighted by Gasteiger charge is -2.26. The summed E-state index contributed by atoms with van der Waals surface area (Å²) in [6.07, 6.45) is -5.73. The summed E-state index contributed by atoms with van der Waals surface area (Å²) in [6, 6.07) is 12.9. The lowest BCUT2D eigenvalue weighted by Crippen LogP contribution is -2.48. The second-order valence-corrected chi connectivity index (χ2v) is 9.71. The smallest absolute Gasteiger partial charge is 0.369 e. The molecule has 0 radical (unpaired) electrons. The molecule has 202 valence electrons. The fourth-order valence-corrected chi connectivity index (χ4v) is 4.69. The number of alkyl halides is 3. The zero-order valence-electron chi connectivity index (χ0n) is 20.4. The van der Waals surface area contributed by atoms with Crippen molar-refractivity contribution in [2.45, 2.75) is 50.9 Å². The maximum absolute atomic E-state index is 14.7. The van der Waals surface area contributed by atoms with E-state index in [-0.39, 0.29) is 36.6 Å². The molecule has 3 amide bonds. The molecule has 0 bridgehead atoms. The zero-order valence-corrected chi connectivity index (χ0v) is 20.4. The molecule has 11 heteroatoms. The van der Waals surface area contributed by atoms with Gasteiger partial charge in [0.15, 0.2) is 0 Å². The van der Waals surface area contributed by atoms with Crippen molar-refractivity contribution in [2.24, 2.45) is 28.5 Å². The number of primary amides is 1. The molecule has 1 unspecified atom stereocenters. The van der Waals surface area contributed by atoms with Crippen LogP contribution in [0.25, 0.3) is 0 Å². The Morgan fingerprint density at radius 3 is 2.42 bits per heavy atom. The third kappa shape index (κ3) is 6.76. The van der Waals surface area contributed by atoms with Crippen LogP contribution in [0.4, 0.5) is 23.2 Å². The number of hydrogen-bond acceptors (Lipinski definition) is 4. The number of halogens is 4. The molecule has 4 N–H and O–H groups in total. The van der Waals surface area contributed by atoms with Gasteiger partial charge in [0.1, 0.15) is 5.82 Å². The molecule has 3 atom stereocenters. The van der Waals surface area contributed by atoms with Gasteiger partial charge < -0.3 is 16.4 Å². The van der Waals surface area contributed by atoms with Crippen LogP contribution in [-0.4, -0.2) is 35.8 Å². The summed E-state index contributed by atoms with van der Waals surface area (Å²) in [6.45, 7) is 0. The Morgan fingerprint density at radius 1 is 1.08 bits per heavy atom. The van der Waals surface area contributed by atoms with Crippen molar-refractivity contribution in [3.05, 3.63) is 65.5 Å². The first-order chi connectivity index (χ1) is 18.0. The SMILES string of the molecule is NC(=O)C(CC1CC1)[C@@H](CCCC(F)(F)F)C(=O)N[C@H]1N=C(c2ccccc2)c2cccc(F)c2NC1=O. The van der Waals surface area contributed by atoms with E-state index < -0.39 is 54.1 Å². The molecule has 0 saturated heterocycles. The molecule has 2 aliphatic rings. The number of benzodiazepines with no additional fused rings is 1. The highest BCUT2D eigenvalue weighted by Gasteiger charge is 2.39. The summed E-state index contributed by atoms with van der Waals surface area (Å²) < 4.78 is 53.2. The number of nitrogens with two attached hydrogens (primary N) is 1. The average molecular weight is 533 g/mol. The van der Waals surface area contributed by atoms with Gasteiger partial charge in [-0.05, 0) is 31.2 Å². The quantitative estimate of drug-likeness (QED) is 0.396. The Morgan fingerprint density at radius 2 is 1.79 bits per heavy atom. The monoisotopic (exact) mass is 532 g/mol. The zero-order chi connectivity index (χ0) is 27.4. The van der Waals surface area contributed by atoms with Crippen molar-refractivity contribution in [2.75, 3.05) is 5.32 Å². The molecular weight excluding hydrogens is 504 g/mol. The van der Waals surface area contributed by atoms with Gasteiger partial charge in [0.2, 0.25) is 18.0 Å². The standard InChI is InChI=1S/C27H28F4N4O3/c28-20-10-4-8-18-21(16-6-2-1-3-7-16)33-24(26(38)34-22(18)20)35-25(37)17(9-5-13-27(29,30)31)19(23(32)36)14-15-11-12-15/h1-4,6-8,10,15,17,19,24H,5,9,11-14H2,(H2,32,36)(H,34,38)(H,35,37)/t17-,19?,24-/m1/s1. The molecule has 0 spiro atoms. The van der Waals surface area contributed by atoms with E-state index in [4.69, 9.17) is 5.73 Å². The minimum absolute atomic E-state index is 0.109. The van der Waals surface area contributed by atoms with Crippen LogP contribution >= 0.6 is 0 Å². The highest BCUT2D eigenvalue weighted by Crippen LogP contribution is 2.39. The van der Waals surface area contributed by atoms with E-state index in [0.717, 1.165) is 12.8 Å². The Hall–Kier alpha value is -3.76. The Bertz CT molecular complexity index is 1230. The largest absolute Gasteiger partial charge is 0.389 e. The Balaban J connectivity index is 1.65. The van der Waals surface area contributed by atoms with E-state index >= 15 is 0 Å². The molecule has 2 aromatic carbocycles. The van der Waals surface area contributed by atoms with Gasteiger partial charge in [0.25, 0.3) is 5.91 Å².